The summed E-state index contributed by atoms with van der Waals surface area (Å²) in [5, 5.41) is 18.5. The normalized spacial score (nSPS) is 15.6. The number of pyridine rings is 1. The molecule has 0 aliphatic heterocycles. The van der Waals surface area contributed by atoms with Crippen LogP contribution in [0.25, 0.3) is 11.3 Å². The van der Waals surface area contributed by atoms with Crippen molar-refractivity contribution in [2.75, 3.05) is 5.75 Å². The van der Waals surface area contributed by atoms with Crippen LogP contribution in [0, 0.1) is 0 Å². The maximum Gasteiger partial charge on any atom is 0.231 e. The van der Waals surface area contributed by atoms with Gasteiger partial charge in [-0.2, -0.15) is 0 Å². The van der Waals surface area contributed by atoms with E-state index in [0.717, 1.165) is 29.1 Å². The highest BCUT2D eigenvalue weighted by Crippen LogP contribution is 2.31. The standard InChI is InChI=1S/C18H21N7OS2/c1-12(17-21-15(10-27-17)13-5-4-8-19-9-13)20-16(26)11-28-18-22-23-24-25(18)14-6-2-3-7-14/h4-5,8-10,12,14H,2-3,6-7,11H2,1H3,(H,20,26). The van der Waals surface area contributed by atoms with Gasteiger partial charge in [-0.25, -0.2) is 9.67 Å². The molecule has 0 radical (unpaired) electrons. The van der Waals surface area contributed by atoms with Crippen LogP contribution in [0.4, 0.5) is 0 Å². The molecular weight excluding hydrogens is 394 g/mol. The third-order valence-electron chi connectivity index (χ3n) is 4.69. The Morgan fingerprint density at radius 3 is 3.07 bits per heavy atom. The Morgan fingerprint density at radius 2 is 2.29 bits per heavy atom. The van der Waals surface area contributed by atoms with Gasteiger partial charge in [-0.05, 0) is 42.3 Å². The zero-order valence-corrected chi connectivity index (χ0v) is 17.1. The van der Waals surface area contributed by atoms with Crippen molar-refractivity contribution in [1.29, 1.82) is 0 Å². The highest BCUT2D eigenvalue weighted by molar-refractivity contribution is 7.99. The van der Waals surface area contributed by atoms with Crippen LogP contribution in [0.2, 0.25) is 0 Å². The number of thiazole rings is 1. The Hall–Kier alpha value is -2.33. The van der Waals surface area contributed by atoms with Crippen LogP contribution in [0.1, 0.15) is 49.7 Å². The van der Waals surface area contributed by atoms with E-state index >= 15 is 0 Å². The maximum atomic E-state index is 12.4. The van der Waals surface area contributed by atoms with Crippen molar-refractivity contribution in [3.8, 4) is 11.3 Å². The summed E-state index contributed by atoms with van der Waals surface area (Å²) in [5.41, 5.74) is 1.84. The Morgan fingerprint density at radius 1 is 1.43 bits per heavy atom. The predicted molar refractivity (Wildman–Crippen MR) is 108 cm³/mol. The van der Waals surface area contributed by atoms with Crippen LogP contribution in [0.15, 0.2) is 35.1 Å². The summed E-state index contributed by atoms with van der Waals surface area (Å²) < 4.78 is 1.87. The van der Waals surface area contributed by atoms with Gasteiger partial charge >= 0.3 is 0 Å². The summed E-state index contributed by atoms with van der Waals surface area (Å²) in [4.78, 5) is 21.1. The van der Waals surface area contributed by atoms with E-state index < -0.39 is 0 Å². The number of hydrogen-bond acceptors (Lipinski definition) is 8. The van der Waals surface area contributed by atoms with Gasteiger partial charge in [0, 0.05) is 23.3 Å². The van der Waals surface area contributed by atoms with Crippen LogP contribution < -0.4 is 5.32 Å². The summed E-state index contributed by atoms with van der Waals surface area (Å²) in [5.74, 6) is 0.217. The van der Waals surface area contributed by atoms with Gasteiger partial charge in [0.05, 0.1) is 23.5 Å². The van der Waals surface area contributed by atoms with E-state index in [4.69, 9.17) is 0 Å². The van der Waals surface area contributed by atoms with Gasteiger partial charge in [-0.3, -0.25) is 9.78 Å². The predicted octanol–water partition coefficient (Wildman–Crippen LogP) is 3.28. The summed E-state index contributed by atoms with van der Waals surface area (Å²) >= 11 is 2.91. The fourth-order valence-electron chi connectivity index (χ4n) is 3.27. The van der Waals surface area contributed by atoms with E-state index in [2.05, 4.69) is 30.8 Å². The molecule has 0 saturated heterocycles. The fraction of sp³-hybridized carbons (Fsp3) is 0.444. The molecule has 3 aromatic rings. The molecule has 3 aromatic heterocycles. The molecule has 3 heterocycles. The van der Waals surface area contributed by atoms with Gasteiger partial charge in [0.15, 0.2) is 0 Å². The molecule has 0 aromatic carbocycles. The molecule has 1 saturated carbocycles. The molecule has 1 N–H and O–H groups in total. The molecule has 4 rings (SSSR count). The first kappa shape index (κ1) is 19.0. The number of amides is 1. The van der Waals surface area contributed by atoms with Crippen LogP contribution >= 0.6 is 23.1 Å². The molecule has 10 heteroatoms. The molecule has 1 fully saturated rings. The molecule has 146 valence electrons. The van der Waals surface area contributed by atoms with E-state index in [-0.39, 0.29) is 17.7 Å². The first-order valence-electron chi connectivity index (χ1n) is 9.26. The molecule has 0 bridgehead atoms. The molecular formula is C18H21N7OS2. The second-order valence-electron chi connectivity index (χ2n) is 6.73. The van der Waals surface area contributed by atoms with Crippen LogP contribution in [0.3, 0.4) is 0 Å². The van der Waals surface area contributed by atoms with Crippen LogP contribution in [-0.2, 0) is 4.79 Å². The minimum Gasteiger partial charge on any atom is -0.346 e. The average Bonchev–Trinajstić information content (AvgIpc) is 3.48. The Balaban J connectivity index is 1.32. The SMILES string of the molecule is CC(NC(=O)CSc1nnnn1C1CCCC1)c1nc(-c2cccnc2)cs1. The molecule has 0 spiro atoms. The Kier molecular flexibility index (Phi) is 5.96. The number of carbonyl (C=O) groups excluding carboxylic acids is 1. The molecule has 8 nitrogen and oxygen atoms in total. The molecule has 28 heavy (non-hydrogen) atoms. The van der Waals surface area contributed by atoms with Crippen molar-refractivity contribution in [2.24, 2.45) is 0 Å². The number of rotatable bonds is 7. The third kappa shape index (κ3) is 4.39. The van der Waals surface area contributed by atoms with E-state index in [1.54, 1.807) is 12.4 Å². The van der Waals surface area contributed by atoms with Crippen molar-refractivity contribution in [2.45, 2.75) is 49.8 Å². The summed E-state index contributed by atoms with van der Waals surface area (Å²) in [6, 6.07) is 4.06. The average molecular weight is 416 g/mol. The summed E-state index contributed by atoms with van der Waals surface area (Å²) in [6.45, 7) is 1.94. The van der Waals surface area contributed by atoms with Crippen molar-refractivity contribution in [3.05, 3.63) is 34.9 Å². The molecule has 1 atom stereocenters. The lowest BCUT2D eigenvalue weighted by molar-refractivity contribution is -0.119. The first-order valence-corrected chi connectivity index (χ1v) is 11.1. The van der Waals surface area contributed by atoms with Gasteiger partial charge < -0.3 is 5.32 Å². The van der Waals surface area contributed by atoms with E-state index in [0.29, 0.717) is 11.2 Å². The van der Waals surface area contributed by atoms with Crippen molar-refractivity contribution >= 4 is 29.0 Å². The van der Waals surface area contributed by atoms with E-state index in [1.807, 2.05) is 29.1 Å². The number of thioether (sulfide) groups is 1. The molecule has 1 amide bonds. The lowest BCUT2D eigenvalue weighted by Crippen LogP contribution is -2.28. The Labute approximate surface area is 171 Å². The second kappa shape index (κ2) is 8.78. The van der Waals surface area contributed by atoms with Gasteiger partial charge in [0.2, 0.25) is 11.1 Å². The quantitative estimate of drug-likeness (QED) is 0.591. The van der Waals surface area contributed by atoms with Gasteiger partial charge in [-0.1, -0.05) is 24.6 Å². The van der Waals surface area contributed by atoms with Crippen LogP contribution in [-0.4, -0.2) is 41.8 Å². The lowest BCUT2D eigenvalue weighted by atomic mass is 10.2. The van der Waals surface area contributed by atoms with Crippen molar-refractivity contribution < 1.29 is 4.79 Å². The third-order valence-corrected chi connectivity index (χ3v) is 6.65. The van der Waals surface area contributed by atoms with Gasteiger partial charge in [0.25, 0.3) is 0 Å². The van der Waals surface area contributed by atoms with Crippen molar-refractivity contribution in [3.63, 3.8) is 0 Å². The summed E-state index contributed by atoms with van der Waals surface area (Å²) in [7, 11) is 0. The van der Waals surface area contributed by atoms with Gasteiger partial charge in [-0.15, -0.1) is 16.4 Å². The minimum absolute atomic E-state index is 0.0587. The largest absolute Gasteiger partial charge is 0.346 e. The lowest BCUT2D eigenvalue weighted by Gasteiger charge is -2.12. The maximum absolute atomic E-state index is 12.4. The topological polar surface area (TPSA) is 98.5 Å². The van der Waals surface area contributed by atoms with Crippen molar-refractivity contribution in [1.82, 2.24) is 35.5 Å². The molecule has 1 aliphatic rings. The number of aromatic nitrogens is 6. The number of hydrogen-bond donors (Lipinski definition) is 1. The monoisotopic (exact) mass is 415 g/mol. The van der Waals surface area contributed by atoms with Gasteiger partial charge in [0.1, 0.15) is 5.01 Å². The number of tetrazole rings is 1. The highest BCUT2D eigenvalue weighted by atomic mass is 32.2. The zero-order valence-electron chi connectivity index (χ0n) is 15.5. The molecule has 1 unspecified atom stereocenters. The first-order chi connectivity index (χ1) is 13.7. The zero-order chi connectivity index (χ0) is 19.3. The fourth-order valence-corrected chi connectivity index (χ4v) is 4.86. The summed E-state index contributed by atoms with van der Waals surface area (Å²) in [6.07, 6.45) is 8.15. The molecule has 1 aliphatic carbocycles. The number of nitrogens with zero attached hydrogens (tertiary/aromatic N) is 6. The number of carbonyl (C=O) groups is 1. The van der Waals surface area contributed by atoms with E-state index in [9.17, 15) is 4.79 Å². The number of nitrogens with one attached hydrogen (secondary N) is 1. The highest BCUT2D eigenvalue weighted by Gasteiger charge is 2.22. The second-order valence-corrected chi connectivity index (χ2v) is 8.57. The van der Waals surface area contributed by atoms with E-state index in [1.165, 1.54) is 35.9 Å². The van der Waals surface area contributed by atoms with Crippen LogP contribution in [0.5, 0.6) is 0 Å². The Bertz CT molecular complexity index is 921. The smallest absolute Gasteiger partial charge is 0.231 e. The minimum atomic E-state index is -0.158.